The second kappa shape index (κ2) is 9.02. The molecule has 160 valence electrons. The molecule has 1 heterocycles. The van der Waals surface area contributed by atoms with Crippen LogP contribution in [0.5, 0.6) is 0 Å². The second-order valence-corrected chi connectivity index (χ2v) is 13.5. The van der Waals surface area contributed by atoms with Gasteiger partial charge in [0.2, 0.25) is 0 Å². The first-order chi connectivity index (χ1) is 13.5. The summed E-state index contributed by atoms with van der Waals surface area (Å²) < 4.78 is 26.0. The van der Waals surface area contributed by atoms with Crippen molar-refractivity contribution < 1.29 is 18.3 Å². The molecule has 0 radical (unpaired) electrons. The van der Waals surface area contributed by atoms with Crippen LogP contribution in [0.4, 0.5) is 20.6 Å². The lowest BCUT2D eigenvalue weighted by atomic mass is 10.2. The zero-order valence-corrected chi connectivity index (χ0v) is 19.0. The third-order valence-corrected chi connectivity index (χ3v) is 10.1. The minimum absolute atomic E-state index is 0.0519. The Kier molecular flexibility index (Phi) is 7.15. The van der Waals surface area contributed by atoms with Crippen LogP contribution in [0.1, 0.15) is 20.8 Å². The van der Waals surface area contributed by atoms with E-state index >= 15 is 0 Å². The molecule has 0 saturated carbocycles. The molecule has 29 heavy (non-hydrogen) atoms. The molecule has 0 spiro atoms. The highest BCUT2D eigenvalue weighted by molar-refractivity contribution is 6.74. The van der Waals surface area contributed by atoms with E-state index in [0.717, 1.165) is 0 Å². The number of azide groups is 1. The van der Waals surface area contributed by atoms with E-state index in [-0.39, 0.29) is 18.1 Å². The van der Waals surface area contributed by atoms with Gasteiger partial charge in [0.25, 0.3) is 0 Å². The third kappa shape index (κ3) is 5.62. The number of halogens is 1. The van der Waals surface area contributed by atoms with Crippen molar-refractivity contribution in [3.05, 3.63) is 34.5 Å². The average molecular weight is 424 g/mol. The Balaban J connectivity index is 2.00. The SMILES string of the molecule is CN(CCO[Si](C)(C)C(C)(C)C)c1ccc(N2C[C@H](CN=[N+]=[N-])OC2=O)cc1F. The van der Waals surface area contributed by atoms with Crippen LogP contribution in [-0.2, 0) is 9.16 Å². The number of benzene rings is 1. The van der Waals surface area contributed by atoms with E-state index in [2.05, 4.69) is 43.9 Å². The Morgan fingerprint density at radius 3 is 2.72 bits per heavy atom. The van der Waals surface area contributed by atoms with E-state index in [4.69, 9.17) is 14.7 Å². The highest BCUT2D eigenvalue weighted by Crippen LogP contribution is 2.36. The maximum absolute atomic E-state index is 14.7. The molecular weight excluding hydrogens is 393 g/mol. The topological polar surface area (TPSA) is 90.8 Å². The lowest BCUT2D eigenvalue weighted by Gasteiger charge is -2.36. The number of ether oxygens (including phenoxy) is 1. The van der Waals surface area contributed by atoms with Crippen molar-refractivity contribution in [3.63, 3.8) is 0 Å². The van der Waals surface area contributed by atoms with Gasteiger partial charge in [0, 0.05) is 18.5 Å². The molecule has 1 fully saturated rings. The smallest absolute Gasteiger partial charge is 0.414 e. The van der Waals surface area contributed by atoms with Crippen LogP contribution in [-0.4, -0.2) is 53.8 Å². The van der Waals surface area contributed by atoms with Crippen LogP contribution in [0.3, 0.4) is 0 Å². The van der Waals surface area contributed by atoms with Gasteiger partial charge in [-0.2, -0.15) is 0 Å². The van der Waals surface area contributed by atoms with Crippen molar-refractivity contribution >= 4 is 25.8 Å². The monoisotopic (exact) mass is 423 g/mol. The summed E-state index contributed by atoms with van der Waals surface area (Å²) in [6.45, 7) is 12.3. The van der Waals surface area contributed by atoms with Gasteiger partial charge in [0.15, 0.2) is 8.32 Å². The lowest BCUT2D eigenvalue weighted by Crippen LogP contribution is -2.42. The largest absolute Gasteiger partial charge is 0.444 e. The summed E-state index contributed by atoms with van der Waals surface area (Å²) in [5, 5.41) is 3.54. The summed E-state index contributed by atoms with van der Waals surface area (Å²) in [6.07, 6.45) is -1.11. The molecule has 8 nitrogen and oxygen atoms in total. The number of nitrogens with zero attached hydrogens (tertiary/aromatic N) is 5. The van der Waals surface area contributed by atoms with Crippen molar-refractivity contribution in [3.8, 4) is 0 Å². The predicted molar refractivity (Wildman–Crippen MR) is 114 cm³/mol. The van der Waals surface area contributed by atoms with Crippen LogP contribution in [0.15, 0.2) is 23.3 Å². The molecular formula is C19H30FN5O3Si. The van der Waals surface area contributed by atoms with Crippen molar-refractivity contribution in [1.82, 2.24) is 0 Å². The van der Waals surface area contributed by atoms with Gasteiger partial charge in [-0.25, -0.2) is 9.18 Å². The van der Waals surface area contributed by atoms with Crippen LogP contribution in [0, 0.1) is 5.82 Å². The lowest BCUT2D eigenvalue weighted by molar-refractivity contribution is 0.145. The molecule has 1 aliphatic rings. The number of hydrogen-bond acceptors (Lipinski definition) is 5. The van der Waals surface area contributed by atoms with Crippen molar-refractivity contribution in [2.75, 3.05) is 43.1 Å². The molecule has 0 aliphatic carbocycles. The van der Waals surface area contributed by atoms with E-state index in [9.17, 15) is 9.18 Å². The van der Waals surface area contributed by atoms with Gasteiger partial charge in [-0.1, -0.05) is 25.9 Å². The maximum atomic E-state index is 14.7. The van der Waals surface area contributed by atoms with E-state index < -0.39 is 26.3 Å². The fourth-order valence-corrected chi connectivity index (χ4v) is 3.74. The molecule has 0 N–H and O–H groups in total. The summed E-state index contributed by atoms with van der Waals surface area (Å²) in [4.78, 5) is 17.8. The van der Waals surface area contributed by atoms with Gasteiger partial charge in [0.1, 0.15) is 11.9 Å². The number of amides is 1. The molecule has 1 saturated heterocycles. The zero-order chi connectivity index (χ0) is 21.8. The molecule has 2 rings (SSSR count). The van der Waals surface area contributed by atoms with Gasteiger partial charge in [-0.15, -0.1) is 0 Å². The zero-order valence-electron chi connectivity index (χ0n) is 18.0. The number of rotatable bonds is 8. The minimum Gasteiger partial charge on any atom is -0.444 e. The highest BCUT2D eigenvalue weighted by atomic mass is 28.4. The summed E-state index contributed by atoms with van der Waals surface area (Å²) in [6, 6.07) is 4.64. The maximum Gasteiger partial charge on any atom is 0.414 e. The average Bonchev–Trinajstić information content (AvgIpc) is 2.99. The third-order valence-electron chi connectivity index (χ3n) is 5.57. The predicted octanol–water partition coefficient (Wildman–Crippen LogP) is 4.92. The molecule has 0 bridgehead atoms. The first-order valence-corrected chi connectivity index (χ1v) is 12.5. The number of carbonyl (C=O) groups is 1. The summed E-state index contributed by atoms with van der Waals surface area (Å²) in [7, 11) is -0.0329. The van der Waals surface area contributed by atoms with Crippen molar-refractivity contribution in [1.29, 1.82) is 0 Å². The standard InChI is InChI=1S/C19H30FN5O3Si/c1-19(2,3)29(5,6)27-10-9-24(4)17-8-7-14(11-16(17)20)25-13-15(12-22-23-21)28-18(25)26/h7-8,11,15H,9-10,12-13H2,1-6H3/t15-/m0/s1. The van der Waals surface area contributed by atoms with E-state index in [1.165, 1.54) is 11.0 Å². The van der Waals surface area contributed by atoms with Crippen LogP contribution < -0.4 is 9.80 Å². The second-order valence-electron chi connectivity index (χ2n) is 8.70. The van der Waals surface area contributed by atoms with Gasteiger partial charge in [-0.05, 0) is 41.9 Å². The van der Waals surface area contributed by atoms with Crippen LogP contribution in [0.25, 0.3) is 10.4 Å². The normalized spacial score (nSPS) is 17.1. The first kappa shape index (κ1) is 23.0. The first-order valence-electron chi connectivity index (χ1n) is 9.60. The van der Waals surface area contributed by atoms with Crippen LogP contribution in [0.2, 0.25) is 18.1 Å². The van der Waals surface area contributed by atoms with Gasteiger partial charge in [-0.3, -0.25) is 4.90 Å². The van der Waals surface area contributed by atoms with Crippen LogP contribution >= 0.6 is 0 Å². The summed E-state index contributed by atoms with van der Waals surface area (Å²) in [5.41, 5.74) is 9.23. The molecule has 10 heteroatoms. The highest BCUT2D eigenvalue weighted by Gasteiger charge is 2.37. The number of carbonyl (C=O) groups excluding carboxylic acids is 1. The number of anilines is 2. The minimum atomic E-state index is -1.85. The fourth-order valence-electron chi connectivity index (χ4n) is 2.70. The number of hydrogen-bond donors (Lipinski definition) is 0. The molecule has 1 aromatic carbocycles. The molecule has 0 unspecified atom stereocenters. The number of cyclic esters (lactones) is 1. The molecule has 1 atom stereocenters. The van der Waals surface area contributed by atoms with Gasteiger partial charge >= 0.3 is 6.09 Å². The molecule has 1 aromatic rings. The Morgan fingerprint density at radius 2 is 2.14 bits per heavy atom. The summed E-state index contributed by atoms with van der Waals surface area (Å²) >= 11 is 0. The molecule has 1 aliphatic heterocycles. The Bertz CT molecular complexity index is 793. The Morgan fingerprint density at radius 1 is 1.45 bits per heavy atom. The van der Waals surface area contributed by atoms with Gasteiger partial charge < -0.3 is 14.1 Å². The van der Waals surface area contributed by atoms with Crippen molar-refractivity contribution in [2.24, 2.45) is 5.11 Å². The quantitative estimate of drug-likeness (QED) is 0.257. The Labute approximate surface area is 172 Å². The van der Waals surface area contributed by atoms with E-state index in [0.29, 0.717) is 24.5 Å². The molecule has 0 aromatic heterocycles. The van der Waals surface area contributed by atoms with Crippen molar-refractivity contribution in [2.45, 2.75) is 45.0 Å². The van der Waals surface area contributed by atoms with E-state index in [1.54, 1.807) is 17.0 Å². The summed E-state index contributed by atoms with van der Waals surface area (Å²) in [5.74, 6) is -0.427. The van der Waals surface area contributed by atoms with Gasteiger partial charge in [0.05, 0.1) is 31.1 Å². The number of likely N-dealkylation sites (N-methyl/N-ethyl adjacent to an activating group) is 1. The molecule has 1 amide bonds. The fraction of sp³-hybridized carbons (Fsp3) is 0.632. The Hall–Kier alpha value is -2.29. The van der Waals surface area contributed by atoms with E-state index in [1.807, 2.05) is 7.05 Å².